The molecule has 3 heterocycles. The summed E-state index contributed by atoms with van der Waals surface area (Å²) in [6.07, 6.45) is 7.69. The zero-order valence-electron chi connectivity index (χ0n) is 13.1. The van der Waals surface area contributed by atoms with Crippen molar-refractivity contribution in [2.75, 3.05) is 11.6 Å². The number of benzene rings is 1. The van der Waals surface area contributed by atoms with Crippen LogP contribution in [0.4, 0.5) is 5.82 Å². The standard InChI is InChI=1S/C18H16N4OS/c1-24-14-6-4-12(5-7-14)15-9-16(23)21-18-17(15)20-11-22(18)13-3-2-8-19-10-13/h2-8,10-11,15H,9H2,1H3,(H,21,23)/t15-/m0/s1. The molecule has 1 N–H and O–H groups in total. The minimum absolute atomic E-state index is 0.00656. The Kier molecular flexibility index (Phi) is 3.82. The van der Waals surface area contributed by atoms with E-state index in [2.05, 4.69) is 45.8 Å². The maximum absolute atomic E-state index is 12.2. The molecule has 1 aromatic carbocycles. The molecule has 3 aromatic rings. The Bertz CT molecular complexity index is 874. The van der Waals surface area contributed by atoms with Crippen molar-refractivity contribution in [3.05, 3.63) is 66.4 Å². The summed E-state index contributed by atoms with van der Waals surface area (Å²) in [6.45, 7) is 0. The molecule has 0 fully saturated rings. The van der Waals surface area contributed by atoms with Crippen molar-refractivity contribution in [3.63, 3.8) is 0 Å². The molecule has 0 bridgehead atoms. The lowest BCUT2D eigenvalue weighted by atomic mass is 9.90. The van der Waals surface area contributed by atoms with Crippen LogP contribution in [0.15, 0.2) is 60.0 Å². The van der Waals surface area contributed by atoms with E-state index in [1.165, 1.54) is 4.90 Å². The summed E-state index contributed by atoms with van der Waals surface area (Å²) in [7, 11) is 0. The minimum Gasteiger partial charge on any atom is -0.310 e. The van der Waals surface area contributed by atoms with Crippen molar-refractivity contribution in [1.29, 1.82) is 0 Å². The maximum Gasteiger partial charge on any atom is 0.226 e. The van der Waals surface area contributed by atoms with Gasteiger partial charge in [0.1, 0.15) is 12.1 Å². The maximum atomic E-state index is 12.2. The lowest BCUT2D eigenvalue weighted by molar-refractivity contribution is -0.116. The van der Waals surface area contributed by atoms with Gasteiger partial charge in [-0.3, -0.25) is 14.3 Å². The Labute approximate surface area is 144 Å². The zero-order chi connectivity index (χ0) is 16.5. The number of hydrogen-bond donors (Lipinski definition) is 1. The first kappa shape index (κ1) is 15.0. The fourth-order valence-corrected chi connectivity index (χ4v) is 3.42. The molecule has 120 valence electrons. The van der Waals surface area contributed by atoms with E-state index < -0.39 is 0 Å². The van der Waals surface area contributed by atoms with Gasteiger partial charge < -0.3 is 5.32 Å². The van der Waals surface area contributed by atoms with Crippen LogP contribution in [-0.2, 0) is 4.79 Å². The Morgan fingerprint density at radius 1 is 1.25 bits per heavy atom. The second-order valence-electron chi connectivity index (χ2n) is 5.64. The van der Waals surface area contributed by atoms with Gasteiger partial charge >= 0.3 is 0 Å². The third-order valence-corrected chi connectivity index (χ3v) is 4.96. The number of nitrogens with one attached hydrogen (secondary N) is 1. The summed E-state index contributed by atoms with van der Waals surface area (Å²) in [5.74, 6) is 0.716. The summed E-state index contributed by atoms with van der Waals surface area (Å²) < 4.78 is 1.88. The highest BCUT2D eigenvalue weighted by molar-refractivity contribution is 7.98. The molecule has 0 unspecified atom stereocenters. The van der Waals surface area contributed by atoms with Gasteiger partial charge in [-0.2, -0.15) is 0 Å². The number of aromatic nitrogens is 3. The molecular formula is C18H16N4OS. The van der Waals surface area contributed by atoms with E-state index in [-0.39, 0.29) is 11.8 Å². The quantitative estimate of drug-likeness (QED) is 0.744. The number of hydrogen-bond acceptors (Lipinski definition) is 4. The second-order valence-corrected chi connectivity index (χ2v) is 6.52. The molecule has 4 rings (SSSR count). The highest BCUT2D eigenvalue weighted by Gasteiger charge is 2.30. The van der Waals surface area contributed by atoms with E-state index in [4.69, 9.17) is 0 Å². The molecule has 0 aliphatic carbocycles. The summed E-state index contributed by atoms with van der Waals surface area (Å²) >= 11 is 1.71. The molecule has 6 heteroatoms. The van der Waals surface area contributed by atoms with Crippen LogP contribution < -0.4 is 5.32 Å². The Hall–Kier alpha value is -2.60. The van der Waals surface area contributed by atoms with Crippen LogP contribution in [0.25, 0.3) is 5.69 Å². The first-order valence-corrected chi connectivity index (χ1v) is 8.90. The van der Waals surface area contributed by atoms with E-state index >= 15 is 0 Å². The predicted octanol–water partition coefficient (Wildman–Crippen LogP) is 3.46. The number of nitrogens with zero attached hydrogens (tertiary/aromatic N) is 3. The van der Waals surface area contributed by atoms with Crippen LogP contribution in [0.2, 0.25) is 0 Å². The van der Waals surface area contributed by atoms with Crippen molar-refractivity contribution < 1.29 is 4.79 Å². The fourth-order valence-electron chi connectivity index (χ4n) is 3.01. The number of carbonyl (C=O) groups excluding carboxylic acids is 1. The SMILES string of the molecule is CSc1ccc([C@@H]2CC(=O)Nc3c2ncn3-c2cccnc2)cc1. The summed E-state index contributed by atoms with van der Waals surface area (Å²) in [4.78, 5) is 22.2. The first-order valence-electron chi connectivity index (χ1n) is 7.67. The number of fused-ring (bicyclic) bond motifs is 1. The smallest absolute Gasteiger partial charge is 0.226 e. The van der Waals surface area contributed by atoms with Gasteiger partial charge in [-0.1, -0.05) is 12.1 Å². The number of amides is 1. The Balaban J connectivity index is 1.78. The van der Waals surface area contributed by atoms with Crippen LogP contribution in [0.3, 0.4) is 0 Å². The number of carbonyl (C=O) groups is 1. The van der Waals surface area contributed by atoms with Crippen LogP contribution in [-0.4, -0.2) is 26.7 Å². The van der Waals surface area contributed by atoms with E-state index in [0.29, 0.717) is 6.42 Å². The van der Waals surface area contributed by atoms with Crippen molar-refractivity contribution in [2.45, 2.75) is 17.2 Å². The third kappa shape index (κ3) is 2.59. The van der Waals surface area contributed by atoms with E-state index in [9.17, 15) is 4.79 Å². The van der Waals surface area contributed by atoms with Gasteiger partial charge in [0, 0.05) is 23.4 Å². The lowest BCUT2D eigenvalue weighted by Crippen LogP contribution is -2.24. The van der Waals surface area contributed by atoms with Gasteiger partial charge in [-0.25, -0.2) is 4.98 Å². The molecule has 0 saturated carbocycles. The fraction of sp³-hybridized carbons (Fsp3) is 0.167. The highest BCUT2D eigenvalue weighted by atomic mass is 32.2. The van der Waals surface area contributed by atoms with Crippen LogP contribution in [0.5, 0.6) is 0 Å². The summed E-state index contributed by atoms with van der Waals surface area (Å²) in [5, 5.41) is 2.96. The molecule has 2 aromatic heterocycles. The average Bonchev–Trinajstić information content (AvgIpc) is 3.05. The largest absolute Gasteiger partial charge is 0.310 e. The zero-order valence-corrected chi connectivity index (χ0v) is 14.0. The molecule has 1 aliphatic heterocycles. The van der Waals surface area contributed by atoms with Gasteiger partial charge in [0.15, 0.2) is 0 Å². The van der Waals surface area contributed by atoms with E-state index in [1.54, 1.807) is 30.5 Å². The van der Waals surface area contributed by atoms with Crippen LogP contribution in [0, 0.1) is 0 Å². The third-order valence-electron chi connectivity index (χ3n) is 4.22. The Morgan fingerprint density at radius 2 is 2.08 bits per heavy atom. The van der Waals surface area contributed by atoms with Crippen molar-refractivity contribution >= 4 is 23.5 Å². The highest BCUT2D eigenvalue weighted by Crippen LogP contribution is 2.37. The summed E-state index contributed by atoms with van der Waals surface area (Å²) in [5.41, 5.74) is 2.89. The average molecular weight is 336 g/mol. The molecule has 0 spiro atoms. The van der Waals surface area contributed by atoms with Gasteiger partial charge in [0.25, 0.3) is 0 Å². The van der Waals surface area contributed by atoms with Crippen LogP contribution >= 0.6 is 11.8 Å². The molecule has 1 atom stereocenters. The molecular weight excluding hydrogens is 320 g/mol. The number of pyridine rings is 1. The number of rotatable bonds is 3. The molecule has 0 radical (unpaired) electrons. The Morgan fingerprint density at radius 3 is 2.79 bits per heavy atom. The monoisotopic (exact) mass is 336 g/mol. The predicted molar refractivity (Wildman–Crippen MR) is 94.7 cm³/mol. The van der Waals surface area contributed by atoms with Gasteiger partial charge in [0.05, 0.1) is 17.6 Å². The molecule has 5 nitrogen and oxygen atoms in total. The normalized spacial score (nSPS) is 16.5. The van der Waals surface area contributed by atoms with Crippen molar-refractivity contribution in [3.8, 4) is 5.69 Å². The molecule has 1 amide bonds. The number of imidazole rings is 1. The second kappa shape index (κ2) is 6.13. The van der Waals surface area contributed by atoms with Gasteiger partial charge in [-0.05, 0) is 36.1 Å². The topological polar surface area (TPSA) is 59.8 Å². The van der Waals surface area contributed by atoms with Gasteiger partial charge in [-0.15, -0.1) is 11.8 Å². The van der Waals surface area contributed by atoms with Gasteiger partial charge in [0.2, 0.25) is 5.91 Å². The molecule has 1 aliphatic rings. The molecule has 0 saturated heterocycles. The minimum atomic E-state index is -0.0254. The van der Waals surface area contributed by atoms with E-state index in [0.717, 1.165) is 22.8 Å². The lowest BCUT2D eigenvalue weighted by Gasteiger charge is -2.23. The first-order chi connectivity index (χ1) is 11.8. The van der Waals surface area contributed by atoms with Crippen LogP contribution in [0.1, 0.15) is 23.6 Å². The van der Waals surface area contributed by atoms with Crippen molar-refractivity contribution in [2.24, 2.45) is 0 Å². The van der Waals surface area contributed by atoms with E-state index in [1.807, 2.05) is 16.7 Å². The number of thioether (sulfide) groups is 1. The molecule has 24 heavy (non-hydrogen) atoms. The van der Waals surface area contributed by atoms with Crippen molar-refractivity contribution in [1.82, 2.24) is 14.5 Å². The number of anilines is 1. The summed E-state index contributed by atoms with van der Waals surface area (Å²) in [6, 6.07) is 12.2.